The number of rotatable bonds is 4. The van der Waals surface area contributed by atoms with Crippen LogP contribution in [-0.2, 0) is 6.54 Å². The second-order valence-corrected chi connectivity index (χ2v) is 6.40. The first kappa shape index (κ1) is 16.4. The number of nitrogens with zero attached hydrogens (tertiary/aromatic N) is 4. The van der Waals surface area contributed by atoms with Crippen LogP contribution in [0.3, 0.4) is 0 Å². The monoisotopic (exact) mass is 356 g/mol. The molecule has 3 aromatic rings. The lowest BCUT2D eigenvalue weighted by atomic mass is 10.1. The molecule has 3 heterocycles. The number of fused-ring (bicyclic) bond motifs is 1. The number of oxazole rings is 1. The molecule has 0 bridgehead atoms. The highest BCUT2D eigenvalue weighted by molar-refractivity contribution is 5.76. The first-order valence-corrected chi connectivity index (χ1v) is 8.61. The quantitative estimate of drug-likeness (QED) is 0.772. The van der Waals surface area contributed by atoms with Crippen LogP contribution >= 0.6 is 0 Å². The van der Waals surface area contributed by atoms with Gasteiger partial charge in [0.1, 0.15) is 11.9 Å². The summed E-state index contributed by atoms with van der Waals surface area (Å²) >= 11 is 0. The van der Waals surface area contributed by atoms with Crippen molar-refractivity contribution in [1.82, 2.24) is 19.4 Å². The van der Waals surface area contributed by atoms with Gasteiger partial charge in [0.25, 0.3) is 6.01 Å². The van der Waals surface area contributed by atoms with Gasteiger partial charge in [-0.25, -0.2) is 9.78 Å². The lowest BCUT2D eigenvalue weighted by Crippen LogP contribution is -2.41. The Hall–Kier alpha value is -3.03. The van der Waals surface area contributed by atoms with Crippen LogP contribution in [0.1, 0.15) is 24.5 Å². The van der Waals surface area contributed by atoms with Crippen molar-refractivity contribution in [2.24, 2.45) is 0 Å². The molecule has 0 radical (unpaired) electrons. The van der Waals surface area contributed by atoms with E-state index in [1.54, 1.807) is 6.20 Å². The van der Waals surface area contributed by atoms with E-state index in [4.69, 9.17) is 14.3 Å². The molecule has 1 aliphatic rings. The molecule has 8 heteroatoms. The Balaban J connectivity index is 1.58. The van der Waals surface area contributed by atoms with Crippen LogP contribution in [0.5, 0.6) is 6.01 Å². The van der Waals surface area contributed by atoms with Crippen molar-refractivity contribution in [1.29, 1.82) is 0 Å². The predicted octanol–water partition coefficient (Wildman–Crippen LogP) is 2.90. The number of likely N-dealkylation sites (tertiary alicyclic amines) is 1. The minimum Gasteiger partial charge on any atom is -0.465 e. The first-order chi connectivity index (χ1) is 12.6. The average molecular weight is 356 g/mol. The van der Waals surface area contributed by atoms with Gasteiger partial charge in [-0.1, -0.05) is 12.1 Å². The average Bonchev–Trinajstić information content (AvgIpc) is 3.20. The van der Waals surface area contributed by atoms with Gasteiger partial charge in [-0.2, -0.15) is 4.98 Å². The van der Waals surface area contributed by atoms with Crippen molar-refractivity contribution in [3.05, 3.63) is 42.1 Å². The summed E-state index contributed by atoms with van der Waals surface area (Å²) in [5, 5.41) is 9.07. The number of aryl methyl sites for hydroxylation is 1. The van der Waals surface area contributed by atoms with Gasteiger partial charge in [0.15, 0.2) is 5.89 Å². The maximum Gasteiger partial charge on any atom is 0.407 e. The molecule has 1 saturated heterocycles. The molecule has 8 nitrogen and oxygen atoms in total. The molecule has 0 aliphatic carbocycles. The SMILES string of the molecule is Cc1ncc(Cn2c(OC3CCN(C(=O)O)CC3)nc3ccccc32)o1. The van der Waals surface area contributed by atoms with Crippen molar-refractivity contribution in [3.8, 4) is 6.01 Å². The maximum atomic E-state index is 11.0. The van der Waals surface area contributed by atoms with E-state index in [1.165, 1.54) is 4.90 Å². The summed E-state index contributed by atoms with van der Waals surface area (Å²) in [6, 6.07) is 8.35. The van der Waals surface area contributed by atoms with Crippen LogP contribution in [-0.4, -0.2) is 49.8 Å². The summed E-state index contributed by atoms with van der Waals surface area (Å²) < 4.78 is 13.7. The molecule has 0 saturated carbocycles. The third-order valence-electron chi connectivity index (χ3n) is 4.59. The summed E-state index contributed by atoms with van der Waals surface area (Å²) in [6.07, 6.45) is 2.07. The van der Waals surface area contributed by atoms with Crippen LogP contribution in [0.15, 0.2) is 34.9 Å². The number of ether oxygens (including phenoxy) is 1. The van der Waals surface area contributed by atoms with Gasteiger partial charge in [-0.15, -0.1) is 0 Å². The molecule has 1 amide bonds. The zero-order valence-electron chi connectivity index (χ0n) is 14.5. The molecule has 4 rings (SSSR count). The van der Waals surface area contributed by atoms with Gasteiger partial charge in [0, 0.05) is 32.9 Å². The fraction of sp³-hybridized carbons (Fsp3) is 0.389. The summed E-state index contributed by atoms with van der Waals surface area (Å²) in [5.41, 5.74) is 1.81. The summed E-state index contributed by atoms with van der Waals surface area (Å²) in [6.45, 7) is 3.23. The largest absolute Gasteiger partial charge is 0.465 e. The number of para-hydroxylation sites is 2. The van der Waals surface area contributed by atoms with Crippen LogP contribution in [0.2, 0.25) is 0 Å². The predicted molar refractivity (Wildman–Crippen MR) is 93.3 cm³/mol. The number of carbonyl (C=O) groups is 1. The number of carboxylic acid groups (broad SMARTS) is 1. The van der Waals surface area contributed by atoms with Crippen LogP contribution < -0.4 is 4.74 Å². The summed E-state index contributed by atoms with van der Waals surface area (Å²) in [4.78, 5) is 21.2. The Bertz CT molecular complexity index is 924. The van der Waals surface area contributed by atoms with E-state index in [0.717, 1.165) is 16.8 Å². The molecular weight excluding hydrogens is 336 g/mol. The molecule has 0 spiro atoms. The summed E-state index contributed by atoms with van der Waals surface area (Å²) in [7, 11) is 0. The Labute approximate surface area is 150 Å². The van der Waals surface area contributed by atoms with Crippen LogP contribution in [0, 0.1) is 6.92 Å². The number of benzene rings is 1. The highest BCUT2D eigenvalue weighted by Gasteiger charge is 2.25. The van der Waals surface area contributed by atoms with Crippen LogP contribution in [0.25, 0.3) is 11.0 Å². The van der Waals surface area contributed by atoms with Crippen molar-refractivity contribution < 1.29 is 19.1 Å². The standard InChI is InChI=1S/C18H20N4O4/c1-12-19-10-14(25-12)11-22-16-5-3-2-4-15(16)20-17(22)26-13-6-8-21(9-7-13)18(23)24/h2-5,10,13H,6-9,11H2,1H3,(H,23,24). The third-order valence-corrected chi connectivity index (χ3v) is 4.59. The van der Waals surface area contributed by atoms with E-state index in [2.05, 4.69) is 9.97 Å². The highest BCUT2D eigenvalue weighted by atomic mass is 16.5. The minimum absolute atomic E-state index is 0.0578. The zero-order valence-corrected chi connectivity index (χ0v) is 14.5. The number of amides is 1. The lowest BCUT2D eigenvalue weighted by Gasteiger charge is -2.29. The number of piperidine rings is 1. The molecule has 1 aliphatic heterocycles. The van der Waals surface area contributed by atoms with Crippen LogP contribution in [0.4, 0.5) is 4.79 Å². The Morgan fingerprint density at radius 1 is 1.35 bits per heavy atom. The molecule has 1 N–H and O–H groups in total. The molecule has 26 heavy (non-hydrogen) atoms. The van der Waals surface area contributed by atoms with E-state index in [0.29, 0.717) is 44.4 Å². The van der Waals surface area contributed by atoms with Gasteiger partial charge < -0.3 is 19.2 Å². The number of hydrogen-bond donors (Lipinski definition) is 1. The Kier molecular flexibility index (Phi) is 4.24. The van der Waals surface area contributed by atoms with Crippen molar-refractivity contribution >= 4 is 17.1 Å². The Morgan fingerprint density at radius 3 is 2.81 bits per heavy atom. The topological polar surface area (TPSA) is 93.6 Å². The van der Waals surface area contributed by atoms with E-state index < -0.39 is 6.09 Å². The molecule has 2 aromatic heterocycles. The maximum absolute atomic E-state index is 11.0. The fourth-order valence-electron chi connectivity index (χ4n) is 3.24. The molecule has 1 aromatic carbocycles. The van der Waals surface area contributed by atoms with E-state index in [1.807, 2.05) is 35.8 Å². The third kappa shape index (κ3) is 3.22. The highest BCUT2D eigenvalue weighted by Crippen LogP contribution is 2.25. The van der Waals surface area contributed by atoms with Gasteiger partial charge in [0.05, 0.1) is 23.8 Å². The molecule has 0 unspecified atom stereocenters. The molecule has 136 valence electrons. The van der Waals surface area contributed by atoms with Crippen molar-refractivity contribution in [2.75, 3.05) is 13.1 Å². The molecule has 1 fully saturated rings. The molecular formula is C18H20N4O4. The lowest BCUT2D eigenvalue weighted by molar-refractivity contribution is 0.0824. The van der Waals surface area contributed by atoms with Gasteiger partial charge in [0.2, 0.25) is 0 Å². The first-order valence-electron chi connectivity index (χ1n) is 8.61. The Morgan fingerprint density at radius 2 is 2.12 bits per heavy atom. The van der Waals surface area contributed by atoms with Crippen molar-refractivity contribution in [2.45, 2.75) is 32.4 Å². The number of aromatic nitrogens is 3. The van der Waals surface area contributed by atoms with Gasteiger partial charge >= 0.3 is 6.09 Å². The van der Waals surface area contributed by atoms with E-state index >= 15 is 0 Å². The zero-order chi connectivity index (χ0) is 18.1. The van der Waals surface area contributed by atoms with Gasteiger partial charge in [-0.05, 0) is 12.1 Å². The second kappa shape index (κ2) is 6.70. The number of hydrogen-bond acceptors (Lipinski definition) is 5. The summed E-state index contributed by atoms with van der Waals surface area (Å²) in [5.74, 6) is 1.35. The second-order valence-electron chi connectivity index (χ2n) is 6.40. The molecule has 0 atom stereocenters. The normalized spacial score (nSPS) is 15.5. The van der Waals surface area contributed by atoms with Gasteiger partial charge in [-0.3, -0.25) is 4.57 Å². The van der Waals surface area contributed by atoms with E-state index in [-0.39, 0.29) is 6.10 Å². The smallest absolute Gasteiger partial charge is 0.407 e. The minimum atomic E-state index is -0.878. The van der Waals surface area contributed by atoms with E-state index in [9.17, 15) is 4.79 Å². The fourth-order valence-corrected chi connectivity index (χ4v) is 3.24. The van der Waals surface area contributed by atoms with Crippen molar-refractivity contribution in [3.63, 3.8) is 0 Å². The number of imidazole rings is 1.